The highest BCUT2D eigenvalue weighted by atomic mass is 19.1. The zero-order valence-electron chi connectivity index (χ0n) is 23.3. The zero-order chi connectivity index (χ0) is 29.4. The number of carbonyl (C=O) groups is 3. The number of carbonyl (C=O) groups excluding carboxylic acids is 3. The molecule has 8 nitrogen and oxygen atoms in total. The molecule has 0 bridgehead atoms. The summed E-state index contributed by atoms with van der Waals surface area (Å²) in [5.74, 6) is -3.87. The molecule has 41 heavy (non-hydrogen) atoms. The van der Waals surface area contributed by atoms with Gasteiger partial charge in [0.15, 0.2) is 11.6 Å². The molecular formula is C32H34FN3O5. The number of aromatic hydroxyl groups is 2. The lowest BCUT2D eigenvalue weighted by atomic mass is 9.68. The fraction of sp³-hybridized carbons (Fsp3) is 0.344. The number of hydrogen-bond donors (Lipinski definition) is 2. The summed E-state index contributed by atoms with van der Waals surface area (Å²) in [7, 11) is 3.90. The molecule has 2 aliphatic rings. The Morgan fingerprint density at radius 3 is 1.76 bits per heavy atom. The van der Waals surface area contributed by atoms with Crippen LogP contribution in [0.2, 0.25) is 0 Å². The van der Waals surface area contributed by atoms with E-state index >= 15 is 0 Å². The van der Waals surface area contributed by atoms with Crippen molar-refractivity contribution in [1.82, 2.24) is 14.7 Å². The van der Waals surface area contributed by atoms with Crippen molar-refractivity contribution < 1.29 is 29.0 Å². The molecular weight excluding hydrogens is 525 g/mol. The minimum Gasteiger partial charge on any atom is -0.508 e. The van der Waals surface area contributed by atoms with E-state index in [1.807, 2.05) is 19.0 Å². The van der Waals surface area contributed by atoms with Crippen molar-refractivity contribution in [1.29, 1.82) is 0 Å². The minimum atomic E-state index is -0.896. The Labute approximate surface area is 238 Å². The van der Waals surface area contributed by atoms with Crippen molar-refractivity contribution in [3.8, 4) is 11.5 Å². The fourth-order valence-electron chi connectivity index (χ4n) is 6.01. The van der Waals surface area contributed by atoms with E-state index in [2.05, 4.69) is 0 Å². The molecule has 2 heterocycles. The number of piperidine rings is 1. The van der Waals surface area contributed by atoms with Crippen LogP contribution in [0.5, 0.6) is 11.5 Å². The molecule has 5 rings (SSSR count). The quantitative estimate of drug-likeness (QED) is 0.437. The number of urea groups is 1. The highest BCUT2D eigenvalue weighted by Crippen LogP contribution is 2.43. The molecule has 3 aromatic rings. The number of hydrogen-bond acceptors (Lipinski definition) is 6. The molecule has 2 aliphatic heterocycles. The number of benzene rings is 3. The number of halogens is 1. The third-order valence-corrected chi connectivity index (χ3v) is 8.44. The summed E-state index contributed by atoms with van der Waals surface area (Å²) >= 11 is 0. The van der Waals surface area contributed by atoms with Crippen LogP contribution in [-0.2, 0) is 0 Å². The van der Waals surface area contributed by atoms with Gasteiger partial charge < -0.3 is 24.9 Å². The van der Waals surface area contributed by atoms with Gasteiger partial charge >= 0.3 is 6.03 Å². The van der Waals surface area contributed by atoms with Gasteiger partial charge in [0, 0.05) is 61.1 Å². The van der Waals surface area contributed by atoms with Gasteiger partial charge in [-0.25, -0.2) is 9.18 Å². The molecule has 3 atom stereocenters. The summed E-state index contributed by atoms with van der Waals surface area (Å²) < 4.78 is 14.9. The van der Waals surface area contributed by atoms with Crippen molar-refractivity contribution in [3.63, 3.8) is 0 Å². The molecule has 0 radical (unpaired) electrons. The molecule has 3 aromatic carbocycles. The van der Waals surface area contributed by atoms with E-state index < -0.39 is 23.6 Å². The van der Waals surface area contributed by atoms with Crippen molar-refractivity contribution in [3.05, 3.63) is 94.8 Å². The number of likely N-dealkylation sites (tertiary alicyclic amines) is 2. The normalized spacial score (nSPS) is 21.0. The number of ketones is 2. The summed E-state index contributed by atoms with van der Waals surface area (Å²) in [6.45, 7) is 2.74. The van der Waals surface area contributed by atoms with Crippen LogP contribution in [0.1, 0.15) is 37.8 Å². The SMILES string of the molecule is Cc1c(F)cccc1[C@@H]1[C@@H](C(=O)c2cccc(O)c2)CN(C(=O)N2CC(N(C)C)C2)C[C@H]1C(=O)c1cccc(O)c1. The standard InChI is InChI=1S/C32H34FN3O5/c1-19-25(11-6-12-28(19)33)29-26(30(39)20-7-4-9-23(37)13-20)17-36(32(41)35-15-22(16-35)34(2)3)18-27(29)31(40)21-8-5-10-24(38)14-21/h4-14,22,26-27,29,37-38H,15-18H2,1-3H3/t26-,27+,29+. The topological polar surface area (TPSA) is 101 Å². The Balaban J connectivity index is 1.61. The second-order valence-corrected chi connectivity index (χ2v) is 11.2. The van der Waals surface area contributed by atoms with Gasteiger partial charge in [0.2, 0.25) is 0 Å². The van der Waals surface area contributed by atoms with Crippen molar-refractivity contribution >= 4 is 17.6 Å². The Bertz CT molecular complexity index is 1420. The van der Waals surface area contributed by atoms with Gasteiger partial charge in [-0.3, -0.25) is 9.59 Å². The van der Waals surface area contributed by atoms with E-state index in [1.54, 1.807) is 53.1 Å². The van der Waals surface area contributed by atoms with E-state index in [4.69, 9.17) is 0 Å². The summed E-state index contributed by atoms with van der Waals surface area (Å²) in [5, 5.41) is 20.2. The Kier molecular flexibility index (Phi) is 7.82. The second-order valence-electron chi connectivity index (χ2n) is 11.2. The number of phenols is 2. The lowest BCUT2D eigenvalue weighted by molar-refractivity contribution is 0.0405. The van der Waals surface area contributed by atoms with Gasteiger partial charge in [-0.2, -0.15) is 0 Å². The molecule has 2 amide bonds. The van der Waals surface area contributed by atoms with Crippen LogP contribution in [0.4, 0.5) is 9.18 Å². The molecule has 0 aliphatic carbocycles. The van der Waals surface area contributed by atoms with Gasteiger partial charge in [-0.05, 0) is 62.5 Å². The second kappa shape index (κ2) is 11.3. The fourth-order valence-corrected chi connectivity index (χ4v) is 6.01. The van der Waals surface area contributed by atoms with Crippen LogP contribution in [0.15, 0.2) is 66.7 Å². The average molecular weight is 560 g/mol. The smallest absolute Gasteiger partial charge is 0.320 e. The Morgan fingerprint density at radius 1 is 0.780 bits per heavy atom. The van der Waals surface area contributed by atoms with Crippen molar-refractivity contribution in [2.75, 3.05) is 40.3 Å². The van der Waals surface area contributed by atoms with Crippen LogP contribution < -0.4 is 0 Å². The number of Topliss-reactive ketones (excluding diaryl/α,β-unsaturated/α-hetero) is 2. The van der Waals surface area contributed by atoms with E-state index in [0.29, 0.717) is 24.2 Å². The van der Waals surface area contributed by atoms with E-state index in [9.17, 15) is 29.0 Å². The van der Waals surface area contributed by atoms with Crippen molar-refractivity contribution in [2.45, 2.75) is 18.9 Å². The van der Waals surface area contributed by atoms with Crippen LogP contribution in [0.3, 0.4) is 0 Å². The number of likely N-dealkylation sites (N-methyl/N-ethyl adjacent to an activating group) is 1. The van der Waals surface area contributed by atoms with Crippen LogP contribution in [0.25, 0.3) is 0 Å². The number of rotatable bonds is 6. The largest absolute Gasteiger partial charge is 0.508 e. The minimum absolute atomic E-state index is 0.0287. The maximum atomic E-state index is 14.9. The first-order valence-electron chi connectivity index (χ1n) is 13.7. The Morgan fingerprint density at radius 2 is 1.27 bits per heavy atom. The van der Waals surface area contributed by atoms with Gasteiger partial charge in [-0.15, -0.1) is 0 Å². The monoisotopic (exact) mass is 559 g/mol. The van der Waals surface area contributed by atoms with E-state index in [1.165, 1.54) is 30.3 Å². The number of nitrogens with zero attached hydrogens (tertiary/aromatic N) is 3. The highest BCUT2D eigenvalue weighted by Gasteiger charge is 2.48. The summed E-state index contributed by atoms with van der Waals surface area (Å²) in [6.07, 6.45) is 0. The number of amides is 2. The summed E-state index contributed by atoms with van der Waals surface area (Å²) in [5.41, 5.74) is 1.33. The molecule has 9 heteroatoms. The summed E-state index contributed by atoms with van der Waals surface area (Å²) in [4.78, 5) is 47.3. The van der Waals surface area contributed by atoms with Crippen LogP contribution >= 0.6 is 0 Å². The van der Waals surface area contributed by atoms with Gasteiger partial charge in [0.05, 0.1) is 0 Å². The third kappa shape index (κ3) is 5.54. The van der Waals surface area contributed by atoms with E-state index in [-0.39, 0.29) is 59.4 Å². The maximum absolute atomic E-state index is 14.9. The van der Waals surface area contributed by atoms with Crippen LogP contribution in [0, 0.1) is 24.6 Å². The molecule has 2 saturated heterocycles. The molecule has 214 valence electrons. The number of phenolic OH excluding ortho intramolecular Hbond substituents is 2. The van der Waals surface area contributed by atoms with Gasteiger partial charge in [0.25, 0.3) is 0 Å². The first-order chi connectivity index (χ1) is 19.5. The zero-order valence-corrected chi connectivity index (χ0v) is 23.3. The van der Waals surface area contributed by atoms with Gasteiger partial charge in [-0.1, -0.05) is 36.4 Å². The maximum Gasteiger partial charge on any atom is 0.320 e. The molecule has 2 N–H and O–H groups in total. The molecule has 0 unspecified atom stereocenters. The predicted molar refractivity (Wildman–Crippen MR) is 152 cm³/mol. The lowest BCUT2D eigenvalue weighted by Gasteiger charge is -2.48. The molecule has 0 aromatic heterocycles. The third-order valence-electron chi connectivity index (χ3n) is 8.44. The predicted octanol–water partition coefficient (Wildman–Crippen LogP) is 4.31. The first-order valence-corrected chi connectivity index (χ1v) is 13.7. The van der Waals surface area contributed by atoms with Crippen molar-refractivity contribution in [2.24, 2.45) is 11.8 Å². The molecule has 2 fully saturated rings. The van der Waals surface area contributed by atoms with Gasteiger partial charge in [0.1, 0.15) is 17.3 Å². The molecule has 0 spiro atoms. The first kappa shape index (κ1) is 28.3. The summed E-state index contributed by atoms with van der Waals surface area (Å²) in [6, 6.07) is 16.5. The highest BCUT2D eigenvalue weighted by molar-refractivity contribution is 6.03. The average Bonchev–Trinajstić information content (AvgIpc) is 2.92. The van der Waals surface area contributed by atoms with E-state index in [0.717, 1.165) is 0 Å². The molecule has 0 saturated carbocycles. The lowest BCUT2D eigenvalue weighted by Crippen LogP contribution is -2.64. The van der Waals surface area contributed by atoms with Crippen LogP contribution in [-0.4, -0.2) is 88.8 Å². The Hall–Kier alpha value is -4.24.